The van der Waals surface area contributed by atoms with Gasteiger partial charge in [0.2, 0.25) is 0 Å². The molecule has 1 aliphatic carbocycles. The summed E-state index contributed by atoms with van der Waals surface area (Å²) in [6, 6.07) is 23.2. The minimum Gasteiger partial charge on any atom is -0.496 e. The highest BCUT2D eigenvalue weighted by Crippen LogP contribution is 2.44. The van der Waals surface area contributed by atoms with Crippen molar-refractivity contribution < 1.29 is 9.47 Å². The number of aryl methyl sites for hydroxylation is 1. The Bertz CT molecular complexity index is 1420. The van der Waals surface area contributed by atoms with Gasteiger partial charge in [0.1, 0.15) is 11.5 Å². The first-order chi connectivity index (χ1) is 16.5. The number of benzene rings is 4. The van der Waals surface area contributed by atoms with Crippen LogP contribution in [-0.4, -0.2) is 19.2 Å². The van der Waals surface area contributed by atoms with Crippen LogP contribution >= 0.6 is 0 Å². The highest BCUT2D eigenvalue weighted by molar-refractivity contribution is 6.13. The standard InChI is InChI=1S/C22H24O2.C9H7N/c1-22(2)11-10-14-8-9-15-16-6-5-7-19(23-3)21(16)20(24-4)12-17(15)18(14)13-22;1-2-4-9-7-10-6-5-8(9)3-1/h5-9,12H,10-11,13H2,1-4H3;1-7H. The summed E-state index contributed by atoms with van der Waals surface area (Å²) in [5.41, 5.74) is 3.34. The monoisotopic (exact) mass is 449 g/mol. The molecule has 0 aliphatic heterocycles. The van der Waals surface area contributed by atoms with Crippen molar-refractivity contribution in [1.29, 1.82) is 0 Å². The summed E-state index contributed by atoms with van der Waals surface area (Å²) in [5.74, 6) is 1.76. The average molecular weight is 450 g/mol. The Kier molecular flexibility index (Phi) is 5.87. The largest absolute Gasteiger partial charge is 0.496 e. The zero-order chi connectivity index (χ0) is 23.7. The number of fused-ring (bicyclic) bond motifs is 6. The Balaban J connectivity index is 0.000000200. The first-order valence-corrected chi connectivity index (χ1v) is 11.9. The normalized spacial score (nSPS) is 14.4. The van der Waals surface area contributed by atoms with Crippen LogP contribution in [0.3, 0.4) is 0 Å². The van der Waals surface area contributed by atoms with Crippen molar-refractivity contribution in [3.05, 3.63) is 90.3 Å². The molecule has 3 nitrogen and oxygen atoms in total. The van der Waals surface area contributed by atoms with Gasteiger partial charge in [0.25, 0.3) is 0 Å². The highest BCUT2D eigenvalue weighted by atomic mass is 16.5. The van der Waals surface area contributed by atoms with Crippen LogP contribution in [-0.2, 0) is 12.8 Å². The number of ether oxygens (including phenoxy) is 2. The predicted molar refractivity (Wildman–Crippen MR) is 142 cm³/mol. The van der Waals surface area contributed by atoms with E-state index in [0.717, 1.165) is 29.7 Å². The third-order valence-corrected chi connectivity index (χ3v) is 7.01. The number of aromatic nitrogens is 1. The molecule has 0 N–H and O–H groups in total. The van der Waals surface area contributed by atoms with Crippen LogP contribution in [0.5, 0.6) is 11.5 Å². The molecule has 172 valence electrons. The first-order valence-electron chi connectivity index (χ1n) is 11.9. The molecule has 0 saturated carbocycles. The van der Waals surface area contributed by atoms with Crippen LogP contribution in [0.2, 0.25) is 0 Å². The molecule has 0 bridgehead atoms. The second-order valence-corrected chi connectivity index (χ2v) is 9.82. The van der Waals surface area contributed by atoms with Crippen molar-refractivity contribution in [1.82, 2.24) is 4.98 Å². The van der Waals surface area contributed by atoms with Gasteiger partial charge >= 0.3 is 0 Å². The molecule has 0 atom stereocenters. The molecule has 6 rings (SSSR count). The average Bonchev–Trinajstić information content (AvgIpc) is 2.87. The van der Waals surface area contributed by atoms with Gasteiger partial charge in [0, 0.05) is 12.4 Å². The minimum absolute atomic E-state index is 0.359. The second-order valence-electron chi connectivity index (χ2n) is 9.82. The SMILES string of the molecule is COc1cccc2c1c(OC)cc1c3c(ccc12)CCC(C)(C)C3.c1ccc2cnccc2c1. The Morgan fingerprint density at radius 3 is 2.32 bits per heavy atom. The van der Waals surface area contributed by atoms with Gasteiger partial charge in [-0.2, -0.15) is 0 Å². The fourth-order valence-electron chi connectivity index (χ4n) is 5.16. The van der Waals surface area contributed by atoms with Gasteiger partial charge < -0.3 is 9.47 Å². The van der Waals surface area contributed by atoms with E-state index in [2.05, 4.69) is 61.3 Å². The maximum atomic E-state index is 5.74. The van der Waals surface area contributed by atoms with Crippen LogP contribution < -0.4 is 9.47 Å². The van der Waals surface area contributed by atoms with Gasteiger partial charge in [-0.05, 0) is 80.9 Å². The molecule has 5 aromatic rings. The Morgan fingerprint density at radius 1 is 0.765 bits per heavy atom. The van der Waals surface area contributed by atoms with E-state index >= 15 is 0 Å². The number of hydrogen-bond acceptors (Lipinski definition) is 3. The van der Waals surface area contributed by atoms with Crippen molar-refractivity contribution in [3.63, 3.8) is 0 Å². The molecule has 1 aromatic heterocycles. The third-order valence-electron chi connectivity index (χ3n) is 7.01. The predicted octanol–water partition coefficient (Wildman–Crippen LogP) is 7.76. The summed E-state index contributed by atoms with van der Waals surface area (Å²) < 4.78 is 11.3. The maximum absolute atomic E-state index is 5.74. The summed E-state index contributed by atoms with van der Waals surface area (Å²) in [6.45, 7) is 4.74. The van der Waals surface area contributed by atoms with E-state index in [1.807, 2.05) is 36.7 Å². The van der Waals surface area contributed by atoms with Gasteiger partial charge in [-0.15, -0.1) is 0 Å². The number of nitrogens with zero attached hydrogens (tertiary/aromatic N) is 1. The quantitative estimate of drug-likeness (QED) is 0.258. The van der Waals surface area contributed by atoms with E-state index in [4.69, 9.17) is 9.47 Å². The number of hydrogen-bond donors (Lipinski definition) is 0. The Hall–Kier alpha value is -3.59. The topological polar surface area (TPSA) is 31.4 Å². The molecule has 0 spiro atoms. The van der Waals surface area contributed by atoms with Gasteiger partial charge in [-0.25, -0.2) is 0 Å². The number of pyridine rings is 1. The minimum atomic E-state index is 0.359. The van der Waals surface area contributed by atoms with Gasteiger partial charge in [0.15, 0.2) is 0 Å². The van der Waals surface area contributed by atoms with Gasteiger partial charge in [-0.1, -0.05) is 62.4 Å². The van der Waals surface area contributed by atoms with Crippen LogP contribution in [0, 0.1) is 5.41 Å². The second kappa shape index (κ2) is 8.98. The molecule has 3 heteroatoms. The third kappa shape index (κ3) is 4.07. The van der Waals surface area contributed by atoms with E-state index in [1.54, 1.807) is 14.2 Å². The van der Waals surface area contributed by atoms with E-state index in [1.165, 1.54) is 44.5 Å². The van der Waals surface area contributed by atoms with E-state index in [0.29, 0.717) is 5.41 Å². The summed E-state index contributed by atoms with van der Waals surface area (Å²) in [7, 11) is 3.46. The van der Waals surface area contributed by atoms with Gasteiger partial charge in [0.05, 0.1) is 19.6 Å². The molecule has 0 amide bonds. The Morgan fingerprint density at radius 2 is 1.56 bits per heavy atom. The molecule has 4 aromatic carbocycles. The molecule has 0 saturated heterocycles. The van der Waals surface area contributed by atoms with Crippen LogP contribution in [0.4, 0.5) is 0 Å². The van der Waals surface area contributed by atoms with E-state index < -0.39 is 0 Å². The van der Waals surface area contributed by atoms with Crippen LogP contribution in [0.15, 0.2) is 79.1 Å². The van der Waals surface area contributed by atoms with Crippen molar-refractivity contribution in [2.24, 2.45) is 5.41 Å². The zero-order valence-corrected chi connectivity index (χ0v) is 20.4. The molecule has 1 heterocycles. The molecular weight excluding hydrogens is 418 g/mol. The zero-order valence-electron chi connectivity index (χ0n) is 20.4. The Labute approximate surface area is 201 Å². The van der Waals surface area contributed by atoms with Gasteiger partial charge in [-0.3, -0.25) is 4.98 Å². The molecule has 0 radical (unpaired) electrons. The number of methoxy groups -OCH3 is 2. The van der Waals surface area contributed by atoms with Crippen molar-refractivity contribution >= 4 is 32.3 Å². The molecule has 0 unspecified atom stereocenters. The summed E-state index contributed by atoms with van der Waals surface area (Å²) in [4.78, 5) is 4.01. The number of rotatable bonds is 2. The van der Waals surface area contributed by atoms with E-state index in [-0.39, 0.29) is 0 Å². The van der Waals surface area contributed by atoms with Crippen molar-refractivity contribution in [2.75, 3.05) is 14.2 Å². The van der Waals surface area contributed by atoms with E-state index in [9.17, 15) is 0 Å². The fourth-order valence-corrected chi connectivity index (χ4v) is 5.16. The van der Waals surface area contributed by atoms with Crippen LogP contribution in [0.1, 0.15) is 31.4 Å². The first kappa shape index (κ1) is 22.2. The lowest BCUT2D eigenvalue weighted by Crippen LogP contribution is -2.22. The smallest absolute Gasteiger partial charge is 0.131 e. The molecule has 0 fully saturated rings. The summed E-state index contributed by atoms with van der Waals surface area (Å²) >= 11 is 0. The van der Waals surface area contributed by atoms with Crippen LogP contribution in [0.25, 0.3) is 32.3 Å². The summed E-state index contributed by atoms with van der Waals surface area (Å²) in [6.07, 6.45) is 7.22. The summed E-state index contributed by atoms with van der Waals surface area (Å²) in [5, 5.41) is 7.33. The molecular formula is C31H31NO2. The highest BCUT2D eigenvalue weighted by Gasteiger charge is 2.27. The lowest BCUT2D eigenvalue weighted by atomic mass is 9.73. The van der Waals surface area contributed by atoms with Crippen molar-refractivity contribution in [3.8, 4) is 11.5 Å². The fraction of sp³-hybridized carbons (Fsp3) is 0.258. The lowest BCUT2D eigenvalue weighted by molar-refractivity contribution is 0.317. The molecule has 1 aliphatic rings. The van der Waals surface area contributed by atoms with Crippen molar-refractivity contribution in [2.45, 2.75) is 33.1 Å². The maximum Gasteiger partial charge on any atom is 0.131 e. The lowest BCUT2D eigenvalue weighted by Gasteiger charge is -2.32. The molecule has 34 heavy (non-hydrogen) atoms.